The van der Waals surface area contributed by atoms with Crippen LogP contribution in [0.4, 0.5) is 28.4 Å². The summed E-state index contributed by atoms with van der Waals surface area (Å²) in [7, 11) is 6.37. The summed E-state index contributed by atoms with van der Waals surface area (Å²) in [4.78, 5) is 11.5. The first kappa shape index (κ1) is 62.7. The third-order valence-corrected chi connectivity index (χ3v) is 21.1. The van der Waals surface area contributed by atoms with Crippen LogP contribution < -0.4 is 28.7 Å². The molecule has 5 heterocycles. The minimum Gasteiger partial charge on any atom is -0.359 e. The van der Waals surface area contributed by atoms with Crippen LogP contribution in [0.3, 0.4) is 0 Å². The molecule has 512 valence electrons. The Kier molecular flexibility index (Phi) is 20.5. The van der Waals surface area contributed by atoms with Gasteiger partial charge < -0.3 is 29.4 Å². The van der Waals surface area contributed by atoms with Crippen LogP contribution in [0.1, 0.15) is 203 Å². The van der Waals surface area contributed by atoms with Crippen LogP contribution in [0.5, 0.6) is 0 Å². The van der Waals surface area contributed by atoms with Crippen LogP contribution in [0.2, 0.25) is 0 Å². The molecular formula is C88H122N8+2. The molecule has 0 fully saturated rings. The number of aromatic nitrogens is 2. The van der Waals surface area contributed by atoms with Crippen molar-refractivity contribution in [2.75, 3.05) is 40.6 Å². The molecule has 8 nitrogen and oxygen atoms in total. The Balaban J connectivity index is 0.000000187. The molecule has 0 radical (unpaired) electrons. The van der Waals surface area contributed by atoms with E-state index in [9.17, 15) is 0 Å². The number of aryl methyl sites for hydroxylation is 9. The molecule has 8 aromatic rings. The van der Waals surface area contributed by atoms with Gasteiger partial charge in [-0.15, -0.1) is 0 Å². The number of benzene rings is 6. The smallest absolute Gasteiger partial charge is 0.212 e. The Bertz CT molecular complexity index is 4350. The molecule has 0 aliphatic carbocycles. The summed E-state index contributed by atoms with van der Waals surface area (Å²) in [6, 6.07) is 49.2. The van der Waals surface area contributed by atoms with Crippen molar-refractivity contribution in [2.45, 2.75) is 218 Å². The van der Waals surface area contributed by atoms with E-state index in [0.29, 0.717) is 11.7 Å². The zero-order chi connectivity index (χ0) is 78.4. The fourth-order valence-corrected chi connectivity index (χ4v) is 12.8. The molecule has 2 aromatic heterocycles. The number of hydrogen-bond donors (Lipinski definition) is 0. The van der Waals surface area contributed by atoms with E-state index >= 15 is 0 Å². The molecular weight excluding hydrogens is 1170 g/mol. The lowest BCUT2D eigenvalue weighted by Gasteiger charge is -2.32. The first-order chi connectivity index (χ1) is 48.8. The molecule has 3 unspecified atom stereocenters. The highest BCUT2D eigenvalue weighted by Crippen LogP contribution is 2.45. The average Bonchev–Trinajstić information content (AvgIpc) is 1.50. The van der Waals surface area contributed by atoms with Crippen LogP contribution in [0, 0.1) is 48.4 Å². The SMILES string of the molecule is CCC(C)(C)c1cc(-c2ccc(C)cc2C)[n+](C)cc1C(C)(C)CC.Cc1ccccc1N1C=CN(C)C1C.[2H]C([2H])([2H])N1C=CN(c2ccccc2C)C1C.[2H]C([2H])([2H])N1c2ccccc2N(c2ccccc2C)C1C.[2H]C([2H])([2H])c1ccc(-c2cc(C(C)(C)CC)c(C(C)(C)CC)c[n+]2C)c(C)c1. The van der Waals surface area contributed by atoms with Crippen LogP contribution >= 0.6 is 0 Å². The second-order valence-electron chi connectivity index (χ2n) is 29.5. The Morgan fingerprint density at radius 2 is 0.750 bits per heavy atom. The van der Waals surface area contributed by atoms with Gasteiger partial charge in [0.2, 0.25) is 11.4 Å². The molecule has 0 N–H and O–H groups in total. The zero-order valence-corrected chi connectivity index (χ0v) is 63.0. The van der Waals surface area contributed by atoms with E-state index in [4.69, 9.17) is 12.3 Å². The summed E-state index contributed by atoms with van der Waals surface area (Å²) in [6.07, 6.45) is 16.7. The van der Waals surface area contributed by atoms with Crippen molar-refractivity contribution in [2.24, 2.45) is 14.1 Å². The maximum Gasteiger partial charge on any atom is 0.212 e. The zero-order valence-electron chi connectivity index (χ0n) is 72.0. The predicted octanol–water partition coefficient (Wildman–Crippen LogP) is 21.4. The summed E-state index contributed by atoms with van der Waals surface area (Å²) >= 11 is 0. The number of pyridine rings is 2. The van der Waals surface area contributed by atoms with Gasteiger partial charge in [-0.25, -0.2) is 9.13 Å². The molecule has 3 atom stereocenters. The summed E-state index contributed by atoms with van der Waals surface area (Å²) in [6.45, 7) is 40.1. The van der Waals surface area contributed by atoms with Crippen molar-refractivity contribution in [3.8, 4) is 22.5 Å². The van der Waals surface area contributed by atoms with Gasteiger partial charge in [0.1, 0.15) is 32.6 Å². The standard InChI is InChI=1S/2C24H36N.C16H18N2.2C12H16N2/c2*1-10-23(5,6)20-15-22(19-13-12-17(3)14-18(19)4)25(9)16-21(20)24(7,8)11-2;1-12-8-4-5-9-14(12)18-13(2)17(3)15-10-6-7-11-16(15)18;2*1-10-6-4-5-7-12(10)14-9-8-13(3)11(14)2/h2*12-16H,10-11H2,1-9H3;4-11,13H,1-3H3;2*4-9,11H,1-3H3/q2*+1;;;/i3D3;;2*3D3;. The summed E-state index contributed by atoms with van der Waals surface area (Å²) in [5, 5.41) is 0. The Morgan fingerprint density at radius 3 is 1.12 bits per heavy atom. The fourth-order valence-electron chi connectivity index (χ4n) is 12.8. The van der Waals surface area contributed by atoms with Gasteiger partial charge in [-0.3, -0.25) is 0 Å². The van der Waals surface area contributed by atoms with Crippen molar-refractivity contribution >= 4 is 28.4 Å². The van der Waals surface area contributed by atoms with Crippen molar-refractivity contribution < 1.29 is 21.5 Å². The summed E-state index contributed by atoms with van der Waals surface area (Å²) < 4.78 is 73.4. The normalized spacial score (nSPS) is 17.7. The van der Waals surface area contributed by atoms with Gasteiger partial charge in [0.15, 0.2) is 12.4 Å². The maximum absolute atomic E-state index is 7.83. The molecule has 0 bridgehead atoms. The monoisotopic (exact) mass is 1300 g/mol. The second-order valence-corrected chi connectivity index (χ2v) is 29.5. The lowest BCUT2D eigenvalue weighted by atomic mass is 9.71. The van der Waals surface area contributed by atoms with E-state index < -0.39 is 20.8 Å². The molecule has 8 heteroatoms. The molecule has 3 aliphatic heterocycles. The van der Waals surface area contributed by atoms with Gasteiger partial charge in [0, 0.05) is 110 Å². The van der Waals surface area contributed by atoms with Crippen molar-refractivity contribution in [3.05, 3.63) is 244 Å². The lowest BCUT2D eigenvalue weighted by molar-refractivity contribution is -0.661. The highest BCUT2D eigenvalue weighted by molar-refractivity contribution is 5.84. The highest BCUT2D eigenvalue weighted by Gasteiger charge is 2.36. The first-order valence-electron chi connectivity index (χ1n) is 39.4. The van der Waals surface area contributed by atoms with Crippen molar-refractivity contribution in [3.63, 3.8) is 0 Å². The van der Waals surface area contributed by atoms with E-state index in [-0.39, 0.29) is 34.0 Å². The van der Waals surface area contributed by atoms with Gasteiger partial charge in [0.25, 0.3) is 0 Å². The quantitative estimate of drug-likeness (QED) is 0.107. The summed E-state index contributed by atoms with van der Waals surface area (Å²) in [5.41, 5.74) is 23.9. The van der Waals surface area contributed by atoms with Crippen molar-refractivity contribution in [1.82, 2.24) is 9.80 Å². The number of anilines is 5. The van der Waals surface area contributed by atoms with E-state index in [1.807, 2.05) is 125 Å². The molecule has 3 aliphatic rings. The predicted molar refractivity (Wildman–Crippen MR) is 416 cm³/mol. The van der Waals surface area contributed by atoms with Crippen LogP contribution in [0.15, 0.2) is 183 Å². The molecule has 0 amide bonds. The number of fused-ring (bicyclic) bond motifs is 1. The van der Waals surface area contributed by atoms with E-state index in [1.165, 1.54) is 65.7 Å². The minimum absolute atomic E-state index is 0.0668. The largest absolute Gasteiger partial charge is 0.359 e. The Labute approximate surface area is 596 Å². The topological polar surface area (TPSA) is 27.2 Å². The third kappa shape index (κ3) is 16.8. The second kappa shape index (κ2) is 31.4. The van der Waals surface area contributed by atoms with Crippen molar-refractivity contribution in [1.29, 1.82) is 0 Å². The average molecular weight is 1300 g/mol. The fraction of sp³-hybridized carbons (Fsp3) is 0.432. The number of para-hydroxylation sites is 5. The molecule has 0 saturated heterocycles. The Hall–Kier alpha value is -8.10. The van der Waals surface area contributed by atoms with Gasteiger partial charge >= 0.3 is 0 Å². The molecule has 11 rings (SSSR count). The van der Waals surface area contributed by atoms with Gasteiger partial charge in [0.05, 0.1) is 11.4 Å². The Morgan fingerprint density at radius 1 is 0.385 bits per heavy atom. The number of hydrogen-bond acceptors (Lipinski definition) is 6. The lowest BCUT2D eigenvalue weighted by Crippen LogP contribution is -2.37. The minimum atomic E-state index is -2.16. The highest BCUT2D eigenvalue weighted by atomic mass is 15.4. The molecule has 0 saturated carbocycles. The molecule has 96 heavy (non-hydrogen) atoms. The maximum atomic E-state index is 7.83. The number of nitrogens with zero attached hydrogens (tertiary/aromatic N) is 8. The summed E-state index contributed by atoms with van der Waals surface area (Å²) in [5.74, 6) is 0. The van der Waals surface area contributed by atoms with Gasteiger partial charge in [-0.1, -0.05) is 185 Å². The van der Waals surface area contributed by atoms with Gasteiger partial charge in [-0.2, -0.15) is 0 Å². The van der Waals surface area contributed by atoms with Gasteiger partial charge in [-0.05, 0) is 198 Å². The number of rotatable bonds is 13. The van der Waals surface area contributed by atoms with Crippen LogP contribution in [0.25, 0.3) is 22.5 Å². The molecule has 0 spiro atoms. The van der Waals surface area contributed by atoms with E-state index in [0.717, 1.165) is 76.4 Å². The first-order valence-corrected chi connectivity index (χ1v) is 34.9. The third-order valence-electron chi connectivity index (χ3n) is 21.1. The molecule has 6 aromatic carbocycles. The van der Waals surface area contributed by atoms with Crippen LogP contribution in [-0.4, -0.2) is 49.3 Å². The van der Waals surface area contributed by atoms with Crippen LogP contribution in [-0.2, 0) is 35.8 Å². The van der Waals surface area contributed by atoms with E-state index in [2.05, 4.69) is 235 Å². The van der Waals surface area contributed by atoms with E-state index in [1.54, 1.807) is 18.3 Å².